The standard InChI is InChI=1S/C20H29N5O2S/c1-4-22-20(23-9-7-18-13-16(2)12-17(3)14-18)24-10-11-25-28(26,27)19-6-5-8-21-15-19/h5-6,8,12-15,25H,4,7,9-11H2,1-3H3,(H2,22,23,24). The summed E-state index contributed by atoms with van der Waals surface area (Å²) in [6.07, 6.45) is 3.75. The maximum absolute atomic E-state index is 12.2. The molecule has 0 saturated heterocycles. The number of guanidine groups is 1. The van der Waals surface area contributed by atoms with Gasteiger partial charge in [0.05, 0.1) is 6.54 Å². The van der Waals surface area contributed by atoms with E-state index in [0.29, 0.717) is 12.5 Å². The van der Waals surface area contributed by atoms with Gasteiger partial charge in [0.15, 0.2) is 5.96 Å². The second-order valence-electron chi connectivity index (χ2n) is 6.52. The van der Waals surface area contributed by atoms with E-state index in [1.165, 1.54) is 35.2 Å². The first-order chi connectivity index (χ1) is 13.4. The predicted molar refractivity (Wildman–Crippen MR) is 113 cm³/mol. The number of hydrogen-bond donors (Lipinski definition) is 3. The van der Waals surface area contributed by atoms with Gasteiger partial charge in [-0.25, -0.2) is 13.1 Å². The lowest BCUT2D eigenvalue weighted by molar-refractivity contribution is 0.581. The van der Waals surface area contributed by atoms with Crippen LogP contribution in [0.25, 0.3) is 0 Å². The van der Waals surface area contributed by atoms with E-state index in [1.54, 1.807) is 6.07 Å². The van der Waals surface area contributed by atoms with Crippen LogP contribution in [0, 0.1) is 13.8 Å². The van der Waals surface area contributed by atoms with E-state index in [4.69, 9.17) is 0 Å². The number of rotatable bonds is 9. The van der Waals surface area contributed by atoms with Gasteiger partial charge in [0.1, 0.15) is 4.90 Å². The van der Waals surface area contributed by atoms with Crippen molar-refractivity contribution in [1.82, 2.24) is 20.3 Å². The Morgan fingerprint density at radius 1 is 1.11 bits per heavy atom. The molecule has 0 bridgehead atoms. The first-order valence-electron chi connectivity index (χ1n) is 9.40. The van der Waals surface area contributed by atoms with Crippen molar-refractivity contribution in [2.24, 2.45) is 4.99 Å². The minimum absolute atomic E-state index is 0.150. The number of sulfonamides is 1. The summed E-state index contributed by atoms with van der Waals surface area (Å²) in [4.78, 5) is 8.41. The fraction of sp³-hybridized carbons (Fsp3) is 0.400. The number of aromatic nitrogens is 1. The zero-order valence-corrected chi connectivity index (χ0v) is 17.5. The van der Waals surface area contributed by atoms with E-state index in [2.05, 4.69) is 57.4 Å². The van der Waals surface area contributed by atoms with Crippen LogP contribution in [0.2, 0.25) is 0 Å². The Hall–Kier alpha value is -2.45. The van der Waals surface area contributed by atoms with E-state index < -0.39 is 10.0 Å². The molecule has 0 saturated carbocycles. The Balaban J connectivity index is 1.83. The molecule has 1 aromatic heterocycles. The van der Waals surface area contributed by atoms with Gasteiger partial charge in [-0.3, -0.25) is 9.98 Å². The highest BCUT2D eigenvalue weighted by molar-refractivity contribution is 7.89. The second kappa shape index (κ2) is 10.8. The van der Waals surface area contributed by atoms with Gasteiger partial charge >= 0.3 is 0 Å². The van der Waals surface area contributed by atoms with Crippen LogP contribution in [0.4, 0.5) is 0 Å². The van der Waals surface area contributed by atoms with Crippen molar-refractivity contribution in [3.8, 4) is 0 Å². The summed E-state index contributed by atoms with van der Waals surface area (Å²) in [6.45, 7) is 8.21. The number of hydrogen-bond acceptors (Lipinski definition) is 4. The second-order valence-corrected chi connectivity index (χ2v) is 8.29. The number of aliphatic imine (C=N–C) groups is 1. The number of benzene rings is 1. The molecule has 0 fully saturated rings. The van der Waals surface area contributed by atoms with Crippen LogP contribution in [0.5, 0.6) is 0 Å². The molecule has 0 aliphatic rings. The Morgan fingerprint density at radius 2 is 1.86 bits per heavy atom. The Labute approximate surface area is 167 Å². The molecule has 0 radical (unpaired) electrons. The third kappa shape index (κ3) is 7.28. The monoisotopic (exact) mass is 403 g/mol. The van der Waals surface area contributed by atoms with Crippen LogP contribution in [0.1, 0.15) is 23.6 Å². The van der Waals surface area contributed by atoms with Crippen LogP contribution in [0.15, 0.2) is 52.6 Å². The molecular formula is C20H29N5O2S. The van der Waals surface area contributed by atoms with Crippen molar-refractivity contribution >= 4 is 16.0 Å². The Morgan fingerprint density at radius 3 is 2.50 bits per heavy atom. The van der Waals surface area contributed by atoms with Gasteiger partial charge in [-0.1, -0.05) is 29.3 Å². The summed E-state index contributed by atoms with van der Waals surface area (Å²) in [5.74, 6) is 0.674. The minimum atomic E-state index is -3.55. The zero-order valence-electron chi connectivity index (χ0n) is 16.7. The first kappa shape index (κ1) is 21.8. The van der Waals surface area contributed by atoms with Gasteiger partial charge in [0.25, 0.3) is 0 Å². The lowest BCUT2D eigenvalue weighted by atomic mass is 10.1. The van der Waals surface area contributed by atoms with Crippen LogP contribution < -0.4 is 15.4 Å². The highest BCUT2D eigenvalue weighted by Crippen LogP contribution is 2.09. The molecule has 3 N–H and O–H groups in total. The largest absolute Gasteiger partial charge is 0.357 e. The van der Waals surface area contributed by atoms with Crippen molar-refractivity contribution in [2.75, 3.05) is 26.2 Å². The summed E-state index contributed by atoms with van der Waals surface area (Å²) in [7, 11) is -3.55. The van der Waals surface area contributed by atoms with Crippen molar-refractivity contribution in [3.05, 3.63) is 59.4 Å². The third-order valence-electron chi connectivity index (χ3n) is 3.95. The molecule has 0 aliphatic heterocycles. The van der Waals surface area contributed by atoms with Gasteiger partial charge in [-0.05, 0) is 44.9 Å². The minimum Gasteiger partial charge on any atom is -0.357 e. The Bertz CT molecular complexity index is 862. The van der Waals surface area contributed by atoms with Gasteiger partial charge in [0.2, 0.25) is 10.0 Å². The number of nitrogens with one attached hydrogen (secondary N) is 3. The zero-order chi connectivity index (χ0) is 20.4. The summed E-state index contributed by atoms with van der Waals surface area (Å²) < 4.78 is 26.8. The molecule has 2 aromatic rings. The molecule has 1 aromatic carbocycles. The quantitative estimate of drug-likeness (QED) is 0.337. The third-order valence-corrected chi connectivity index (χ3v) is 5.40. The number of nitrogens with zero attached hydrogens (tertiary/aromatic N) is 2. The highest BCUT2D eigenvalue weighted by Gasteiger charge is 2.12. The summed E-state index contributed by atoms with van der Waals surface area (Å²) >= 11 is 0. The molecule has 2 rings (SSSR count). The topological polar surface area (TPSA) is 95.5 Å². The van der Waals surface area contributed by atoms with Crippen LogP contribution >= 0.6 is 0 Å². The maximum atomic E-state index is 12.2. The molecule has 8 heteroatoms. The molecule has 0 amide bonds. The average Bonchev–Trinajstić information content (AvgIpc) is 2.65. The SMILES string of the molecule is CCNC(=NCCNS(=O)(=O)c1cccnc1)NCCc1cc(C)cc(C)c1. The predicted octanol–water partition coefficient (Wildman–Crippen LogP) is 1.77. The first-order valence-corrected chi connectivity index (χ1v) is 10.9. The van der Waals surface area contributed by atoms with Gasteiger partial charge in [-0.2, -0.15) is 0 Å². The van der Waals surface area contributed by atoms with E-state index in [9.17, 15) is 8.42 Å². The highest BCUT2D eigenvalue weighted by atomic mass is 32.2. The van der Waals surface area contributed by atoms with Crippen LogP contribution in [-0.2, 0) is 16.4 Å². The molecule has 1 heterocycles. The smallest absolute Gasteiger partial charge is 0.242 e. The molecule has 152 valence electrons. The lowest BCUT2D eigenvalue weighted by Crippen LogP contribution is -2.39. The normalized spacial score (nSPS) is 12.0. The van der Waals surface area contributed by atoms with E-state index in [1.807, 2.05) is 6.92 Å². The average molecular weight is 404 g/mol. The van der Waals surface area contributed by atoms with Gasteiger partial charge < -0.3 is 10.6 Å². The summed E-state index contributed by atoms with van der Waals surface area (Å²) in [5.41, 5.74) is 3.80. The van der Waals surface area contributed by atoms with Crippen molar-refractivity contribution in [2.45, 2.75) is 32.1 Å². The van der Waals surface area contributed by atoms with Gasteiger partial charge in [0, 0.05) is 32.0 Å². The van der Waals surface area contributed by atoms with Crippen LogP contribution in [-0.4, -0.2) is 45.5 Å². The van der Waals surface area contributed by atoms with Crippen LogP contribution in [0.3, 0.4) is 0 Å². The molecule has 7 nitrogen and oxygen atoms in total. The van der Waals surface area contributed by atoms with E-state index in [-0.39, 0.29) is 11.4 Å². The van der Waals surface area contributed by atoms with Crippen molar-refractivity contribution in [1.29, 1.82) is 0 Å². The van der Waals surface area contributed by atoms with Gasteiger partial charge in [-0.15, -0.1) is 0 Å². The molecule has 28 heavy (non-hydrogen) atoms. The summed E-state index contributed by atoms with van der Waals surface area (Å²) in [6, 6.07) is 9.64. The van der Waals surface area contributed by atoms with E-state index >= 15 is 0 Å². The molecule has 0 aliphatic carbocycles. The fourth-order valence-corrected chi connectivity index (χ4v) is 3.80. The fourth-order valence-electron chi connectivity index (χ4n) is 2.82. The van der Waals surface area contributed by atoms with Crippen molar-refractivity contribution in [3.63, 3.8) is 0 Å². The van der Waals surface area contributed by atoms with Crippen molar-refractivity contribution < 1.29 is 8.42 Å². The molecule has 0 unspecified atom stereocenters. The Kier molecular flexibility index (Phi) is 8.41. The molecule has 0 spiro atoms. The number of pyridine rings is 1. The van der Waals surface area contributed by atoms with E-state index in [0.717, 1.165) is 19.5 Å². The molecule has 0 atom stereocenters. The lowest BCUT2D eigenvalue weighted by Gasteiger charge is -2.12. The molecular weight excluding hydrogens is 374 g/mol. The maximum Gasteiger partial charge on any atom is 0.242 e. The number of aryl methyl sites for hydroxylation is 2. The summed E-state index contributed by atoms with van der Waals surface area (Å²) in [5, 5.41) is 6.46.